The van der Waals surface area contributed by atoms with E-state index in [9.17, 15) is 13.5 Å². The molecule has 5 heteroatoms. The molecule has 0 rings (SSSR count). The lowest BCUT2D eigenvalue weighted by Crippen LogP contribution is -2.33. The summed E-state index contributed by atoms with van der Waals surface area (Å²) in [7, 11) is -4.12. The second-order valence-corrected chi connectivity index (χ2v) is 6.22. The van der Waals surface area contributed by atoms with E-state index in [1.165, 1.54) is 19.3 Å². The number of aliphatic hydroxyl groups is 1. The van der Waals surface area contributed by atoms with Crippen molar-refractivity contribution in [1.29, 1.82) is 0 Å². The van der Waals surface area contributed by atoms with Crippen LogP contribution in [0.4, 0.5) is 0 Å². The van der Waals surface area contributed by atoms with Crippen molar-refractivity contribution in [2.24, 2.45) is 0 Å². The van der Waals surface area contributed by atoms with Crippen LogP contribution in [0.2, 0.25) is 0 Å². The van der Waals surface area contributed by atoms with Crippen molar-refractivity contribution in [3.63, 3.8) is 0 Å². The Kier molecular flexibility index (Phi) is 8.82. The average Bonchev–Trinajstić information content (AvgIpc) is 2.25. The van der Waals surface area contributed by atoms with Crippen molar-refractivity contribution in [2.75, 3.05) is 0 Å². The average molecular weight is 266 g/mol. The van der Waals surface area contributed by atoms with E-state index in [4.69, 9.17) is 4.55 Å². The van der Waals surface area contributed by atoms with Crippen LogP contribution in [0.3, 0.4) is 0 Å². The van der Waals surface area contributed by atoms with Crippen molar-refractivity contribution in [3.8, 4) is 0 Å². The maximum atomic E-state index is 11.1. The number of rotatable bonds is 10. The molecule has 0 aliphatic rings. The van der Waals surface area contributed by atoms with Crippen molar-refractivity contribution < 1.29 is 18.1 Å². The van der Waals surface area contributed by atoms with Crippen molar-refractivity contribution in [3.05, 3.63) is 0 Å². The van der Waals surface area contributed by atoms with E-state index in [2.05, 4.69) is 6.92 Å². The van der Waals surface area contributed by atoms with E-state index in [0.29, 0.717) is 12.8 Å². The summed E-state index contributed by atoms with van der Waals surface area (Å²) in [5.74, 6) is 0. The molecule has 0 aromatic rings. The van der Waals surface area contributed by atoms with Gasteiger partial charge in [-0.25, -0.2) is 0 Å². The molecule has 0 bridgehead atoms. The van der Waals surface area contributed by atoms with Gasteiger partial charge in [0.05, 0.1) is 6.10 Å². The van der Waals surface area contributed by atoms with Gasteiger partial charge in [-0.05, 0) is 12.8 Å². The Balaban J connectivity index is 3.94. The zero-order valence-corrected chi connectivity index (χ0v) is 11.7. The summed E-state index contributed by atoms with van der Waals surface area (Å²) in [4.78, 5) is 0. The summed E-state index contributed by atoms with van der Waals surface area (Å²) in [6.45, 7) is 3.86. The van der Waals surface area contributed by atoms with E-state index in [0.717, 1.165) is 19.3 Å². The second-order valence-electron chi connectivity index (χ2n) is 4.59. The highest BCUT2D eigenvalue weighted by Crippen LogP contribution is 2.17. The van der Waals surface area contributed by atoms with Gasteiger partial charge in [0, 0.05) is 0 Å². The Morgan fingerprint density at radius 1 is 1.00 bits per heavy atom. The van der Waals surface area contributed by atoms with E-state index in [1.54, 1.807) is 6.92 Å². The minimum absolute atomic E-state index is 0.347. The van der Waals surface area contributed by atoms with Crippen LogP contribution < -0.4 is 0 Å². The molecule has 2 atom stereocenters. The maximum absolute atomic E-state index is 11.1. The Bertz CT molecular complexity index is 274. The van der Waals surface area contributed by atoms with E-state index in [-0.39, 0.29) is 0 Å². The Labute approximate surface area is 105 Å². The van der Waals surface area contributed by atoms with Crippen molar-refractivity contribution in [2.45, 2.75) is 76.6 Å². The van der Waals surface area contributed by atoms with Gasteiger partial charge in [0.1, 0.15) is 5.25 Å². The molecule has 2 N–H and O–H groups in total. The third-order valence-electron chi connectivity index (χ3n) is 3.07. The lowest BCUT2D eigenvalue weighted by molar-refractivity contribution is 0.155. The molecule has 0 aliphatic heterocycles. The van der Waals surface area contributed by atoms with Crippen LogP contribution in [0.1, 0.15) is 65.2 Å². The molecule has 0 aliphatic carbocycles. The highest BCUT2D eigenvalue weighted by atomic mass is 32.2. The first-order valence-electron chi connectivity index (χ1n) is 6.57. The summed E-state index contributed by atoms with van der Waals surface area (Å²) in [5.41, 5.74) is 0. The number of hydrogen-bond acceptors (Lipinski definition) is 3. The molecule has 0 spiro atoms. The first-order chi connectivity index (χ1) is 7.93. The van der Waals surface area contributed by atoms with Crippen LogP contribution in [0.5, 0.6) is 0 Å². The van der Waals surface area contributed by atoms with Gasteiger partial charge in [0.15, 0.2) is 0 Å². The van der Waals surface area contributed by atoms with E-state index >= 15 is 0 Å². The SMILES string of the molecule is CCCCCCCCC(C(O)CC)S(=O)(=O)O. The molecule has 2 unspecified atom stereocenters. The van der Waals surface area contributed by atoms with E-state index in [1.807, 2.05) is 0 Å². The number of unbranched alkanes of at least 4 members (excludes halogenated alkanes) is 5. The van der Waals surface area contributed by atoms with Gasteiger partial charge < -0.3 is 5.11 Å². The zero-order valence-electron chi connectivity index (χ0n) is 10.9. The number of hydrogen-bond donors (Lipinski definition) is 2. The van der Waals surface area contributed by atoms with Crippen LogP contribution in [-0.4, -0.2) is 29.4 Å². The molecule has 0 aromatic carbocycles. The van der Waals surface area contributed by atoms with Gasteiger partial charge in [-0.3, -0.25) is 4.55 Å². The topological polar surface area (TPSA) is 74.6 Å². The fraction of sp³-hybridized carbons (Fsp3) is 1.00. The molecule has 17 heavy (non-hydrogen) atoms. The third-order valence-corrected chi connectivity index (χ3v) is 4.39. The Hall–Kier alpha value is -0.130. The minimum atomic E-state index is -4.12. The van der Waals surface area contributed by atoms with Crippen LogP contribution in [-0.2, 0) is 10.1 Å². The van der Waals surface area contributed by atoms with E-state index < -0.39 is 21.5 Å². The van der Waals surface area contributed by atoms with Gasteiger partial charge in [0.25, 0.3) is 10.1 Å². The normalized spacial score (nSPS) is 15.8. The fourth-order valence-corrected chi connectivity index (χ4v) is 2.98. The molecule has 0 saturated carbocycles. The highest BCUT2D eigenvalue weighted by molar-refractivity contribution is 7.86. The summed E-state index contributed by atoms with van der Waals surface area (Å²) in [6.07, 6.45) is 6.09. The summed E-state index contributed by atoms with van der Waals surface area (Å²) < 4.78 is 31.2. The molecule has 0 amide bonds. The number of aliphatic hydroxyl groups excluding tert-OH is 1. The lowest BCUT2D eigenvalue weighted by atomic mass is 10.0. The molecule has 0 fully saturated rings. The lowest BCUT2D eigenvalue weighted by Gasteiger charge is -2.18. The molecule has 0 radical (unpaired) electrons. The first kappa shape index (κ1) is 16.9. The maximum Gasteiger partial charge on any atom is 0.270 e. The molecular formula is C12H26O4S. The highest BCUT2D eigenvalue weighted by Gasteiger charge is 2.28. The standard InChI is InChI=1S/C12H26O4S/c1-3-5-6-7-8-9-10-12(11(13)4-2)17(14,15)16/h11-13H,3-10H2,1-2H3,(H,14,15,16). The molecule has 104 valence electrons. The summed E-state index contributed by atoms with van der Waals surface area (Å²) in [6, 6.07) is 0. The van der Waals surface area contributed by atoms with Crippen LogP contribution in [0, 0.1) is 0 Å². The van der Waals surface area contributed by atoms with Crippen molar-refractivity contribution in [1.82, 2.24) is 0 Å². The van der Waals surface area contributed by atoms with Gasteiger partial charge in [0.2, 0.25) is 0 Å². The van der Waals surface area contributed by atoms with Gasteiger partial charge in [-0.2, -0.15) is 8.42 Å². The summed E-state index contributed by atoms with van der Waals surface area (Å²) >= 11 is 0. The molecule has 4 nitrogen and oxygen atoms in total. The summed E-state index contributed by atoms with van der Waals surface area (Å²) in [5, 5.41) is 8.54. The smallest absolute Gasteiger partial charge is 0.270 e. The second kappa shape index (κ2) is 8.89. The Morgan fingerprint density at radius 2 is 1.53 bits per heavy atom. The Morgan fingerprint density at radius 3 is 2.00 bits per heavy atom. The van der Waals surface area contributed by atoms with Crippen LogP contribution >= 0.6 is 0 Å². The van der Waals surface area contributed by atoms with Gasteiger partial charge >= 0.3 is 0 Å². The van der Waals surface area contributed by atoms with Gasteiger partial charge in [-0.15, -0.1) is 0 Å². The third kappa shape index (κ3) is 7.73. The van der Waals surface area contributed by atoms with Gasteiger partial charge in [-0.1, -0.05) is 52.4 Å². The molecular weight excluding hydrogens is 240 g/mol. The molecule has 0 aromatic heterocycles. The fourth-order valence-electron chi connectivity index (χ4n) is 1.93. The van der Waals surface area contributed by atoms with Crippen LogP contribution in [0.15, 0.2) is 0 Å². The predicted octanol–water partition coefficient (Wildman–Crippen LogP) is 2.76. The molecule has 0 heterocycles. The largest absolute Gasteiger partial charge is 0.392 e. The quantitative estimate of drug-likeness (QED) is 0.471. The predicted molar refractivity (Wildman–Crippen MR) is 69.6 cm³/mol. The zero-order chi connectivity index (χ0) is 13.3. The van der Waals surface area contributed by atoms with Crippen molar-refractivity contribution >= 4 is 10.1 Å². The molecule has 0 saturated heterocycles. The monoisotopic (exact) mass is 266 g/mol. The van der Waals surface area contributed by atoms with Crippen LogP contribution in [0.25, 0.3) is 0 Å². The minimum Gasteiger partial charge on any atom is -0.392 e. The first-order valence-corrected chi connectivity index (χ1v) is 8.08.